The van der Waals surface area contributed by atoms with Gasteiger partial charge < -0.3 is 0 Å². The van der Waals surface area contributed by atoms with Crippen LogP contribution in [0.4, 0.5) is 10.1 Å². The van der Waals surface area contributed by atoms with Crippen LogP contribution < -0.4 is 5.01 Å². The van der Waals surface area contributed by atoms with Crippen molar-refractivity contribution in [2.75, 3.05) is 5.01 Å². The fraction of sp³-hybridized carbons (Fsp3) is 0.316. The molecule has 6 heteroatoms. The van der Waals surface area contributed by atoms with Gasteiger partial charge in [-0.15, -0.1) is 0 Å². The molecule has 1 fully saturated rings. The van der Waals surface area contributed by atoms with E-state index in [1.807, 2.05) is 0 Å². The van der Waals surface area contributed by atoms with Gasteiger partial charge in [-0.3, -0.25) is 0 Å². The highest BCUT2D eigenvalue weighted by molar-refractivity contribution is 8.13. The standard InChI is InChI=1S/C19H19ClFN3S/c1-11-6-4-9-17(12(11)2)24-19(22-18-13(3)23(18)24)25-10-14-15(20)7-5-8-16(14)21/h4-9,13,18H,10H2,1-3H3. The first kappa shape index (κ1) is 16.9. The molecule has 2 aliphatic rings. The van der Waals surface area contributed by atoms with Crippen LogP contribution in [-0.4, -0.2) is 22.4 Å². The summed E-state index contributed by atoms with van der Waals surface area (Å²) in [6.07, 6.45) is 0.193. The summed E-state index contributed by atoms with van der Waals surface area (Å²) >= 11 is 7.69. The molecule has 2 aliphatic heterocycles. The highest BCUT2D eigenvalue weighted by Gasteiger charge is 2.55. The largest absolute Gasteiger partial charge is 0.249 e. The van der Waals surface area contributed by atoms with E-state index in [0.717, 1.165) is 10.9 Å². The monoisotopic (exact) mass is 375 g/mol. The first-order chi connectivity index (χ1) is 12.0. The summed E-state index contributed by atoms with van der Waals surface area (Å²) < 4.78 is 14.0. The van der Waals surface area contributed by atoms with Crippen LogP contribution in [-0.2, 0) is 5.75 Å². The van der Waals surface area contributed by atoms with Crippen LogP contribution in [0.1, 0.15) is 23.6 Å². The van der Waals surface area contributed by atoms with Gasteiger partial charge in [0.25, 0.3) is 0 Å². The van der Waals surface area contributed by atoms with Crippen molar-refractivity contribution >= 4 is 34.2 Å². The van der Waals surface area contributed by atoms with Crippen LogP contribution in [0.2, 0.25) is 5.02 Å². The highest BCUT2D eigenvalue weighted by atomic mass is 35.5. The molecular formula is C19H19ClFN3S. The van der Waals surface area contributed by atoms with E-state index in [1.54, 1.807) is 12.1 Å². The Kier molecular flexibility index (Phi) is 4.26. The SMILES string of the molecule is Cc1cccc(N2C(SCc3c(F)cccc3Cl)=NC3C(C)N32)c1C. The molecule has 3 unspecified atom stereocenters. The Balaban J connectivity index is 1.62. The van der Waals surface area contributed by atoms with Crippen LogP contribution in [0.3, 0.4) is 0 Å². The van der Waals surface area contributed by atoms with Crippen LogP contribution in [0.5, 0.6) is 0 Å². The van der Waals surface area contributed by atoms with E-state index in [9.17, 15) is 4.39 Å². The van der Waals surface area contributed by atoms with Gasteiger partial charge in [0.2, 0.25) is 0 Å². The number of hydrogen-bond acceptors (Lipinski definition) is 4. The Morgan fingerprint density at radius 1 is 1.20 bits per heavy atom. The Hall–Kier alpha value is -1.56. The molecule has 0 saturated carbocycles. The third kappa shape index (κ3) is 2.84. The third-order valence-corrected chi connectivity index (χ3v) is 6.22. The fourth-order valence-corrected chi connectivity index (χ4v) is 4.52. The Morgan fingerprint density at radius 2 is 1.96 bits per heavy atom. The molecular weight excluding hydrogens is 357 g/mol. The van der Waals surface area contributed by atoms with E-state index >= 15 is 0 Å². The zero-order valence-electron chi connectivity index (χ0n) is 14.3. The Bertz CT molecular complexity index is 849. The van der Waals surface area contributed by atoms with Gasteiger partial charge in [0.15, 0.2) is 5.17 Å². The molecule has 3 nitrogen and oxygen atoms in total. The fourth-order valence-electron chi connectivity index (χ4n) is 3.15. The number of benzene rings is 2. The number of fused-ring (bicyclic) bond motifs is 1. The lowest BCUT2D eigenvalue weighted by Crippen LogP contribution is -2.33. The molecule has 1 saturated heterocycles. The van der Waals surface area contributed by atoms with Crippen molar-refractivity contribution in [1.82, 2.24) is 5.01 Å². The lowest BCUT2D eigenvalue weighted by atomic mass is 10.1. The maximum atomic E-state index is 14.0. The molecule has 25 heavy (non-hydrogen) atoms. The minimum atomic E-state index is -0.268. The number of rotatable bonds is 3. The molecule has 4 rings (SSSR count). The molecule has 2 heterocycles. The predicted molar refractivity (Wildman–Crippen MR) is 104 cm³/mol. The first-order valence-electron chi connectivity index (χ1n) is 8.27. The second-order valence-electron chi connectivity index (χ2n) is 6.47. The van der Waals surface area contributed by atoms with Gasteiger partial charge in [-0.25, -0.2) is 14.4 Å². The lowest BCUT2D eigenvalue weighted by Gasteiger charge is -2.26. The highest BCUT2D eigenvalue weighted by Crippen LogP contribution is 2.44. The summed E-state index contributed by atoms with van der Waals surface area (Å²) in [7, 11) is 0. The van der Waals surface area contributed by atoms with Gasteiger partial charge in [-0.1, -0.05) is 41.6 Å². The number of hydrogen-bond donors (Lipinski definition) is 0. The molecule has 0 aliphatic carbocycles. The Morgan fingerprint density at radius 3 is 2.72 bits per heavy atom. The zero-order valence-corrected chi connectivity index (χ0v) is 15.9. The van der Waals surface area contributed by atoms with E-state index in [4.69, 9.17) is 16.6 Å². The van der Waals surface area contributed by atoms with Crippen LogP contribution in [0, 0.1) is 19.7 Å². The summed E-state index contributed by atoms with van der Waals surface area (Å²) in [4.78, 5) is 4.81. The van der Waals surface area contributed by atoms with Gasteiger partial charge >= 0.3 is 0 Å². The van der Waals surface area contributed by atoms with Crippen molar-refractivity contribution in [2.24, 2.45) is 4.99 Å². The summed E-state index contributed by atoms with van der Waals surface area (Å²) in [5.41, 5.74) is 4.15. The average Bonchev–Trinajstić information content (AvgIpc) is 3.03. The topological polar surface area (TPSA) is 18.6 Å². The minimum absolute atomic E-state index is 0.193. The molecule has 0 radical (unpaired) electrons. The molecule has 130 valence electrons. The average molecular weight is 376 g/mol. The number of hydrazine groups is 1. The molecule has 0 bridgehead atoms. The molecule has 0 amide bonds. The molecule has 0 spiro atoms. The van der Waals surface area contributed by atoms with E-state index in [1.165, 1.54) is 29.0 Å². The Labute approximate surface area is 156 Å². The number of halogens is 2. The van der Waals surface area contributed by atoms with E-state index < -0.39 is 0 Å². The number of thioether (sulfide) groups is 1. The van der Waals surface area contributed by atoms with Gasteiger partial charge in [-0.2, -0.15) is 5.01 Å². The molecule has 0 N–H and O–H groups in total. The van der Waals surface area contributed by atoms with E-state index in [-0.39, 0.29) is 12.0 Å². The maximum Gasteiger partial charge on any atom is 0.180 e. The summed E-state index contributed by atoms with van der Waals surface area (Å²) in [6.45, 7) is 6.41. The van der Waals surface area contributed by atoms with Gasteiger partial charge in [0.1, 0.15) is 12.0 Å². The number of anilines is 1. The second kappa shape index (κ2) is 6.31. The van der Waals surface area contributed by atoms with Crippen LogP contribution in [0.15, 0.2) is 41.4 Å². The van der Waals surface area contributed by atoms with Crippen molar-refractivity contribution in [2.45, 2.75) is 38.7 Å². The zero-order chi connectivity index (χ0) is 17.7. The normalized spacial score (nSPS) is 24.3. The second-order valence-corrected chi connectivity index (χ2v) is 7.82. The van der Waals surface area contributed by atoms with Gasteiger partial charge in [0, 0.05) is 16.3 Å². The van der Waals surface area contributed by atoms with E-state index in [0.29, 0.717) is 22.4 Å². The van der Waals surface area contributed by atoms with Crippen molar-refractivity contribution in [3.8, 4) is 0 Å². The number of aliphatic imine (C=N–C) groups is 1. The molecule has 2 aromatic carbocycles. The quantitative estimate of drug-likeness (QED) is 0.691. The number of nitrogens with zero attached hydrogens (tertiary/aromatic N) is 3. The van der Waals surface area contributed by atoms with Crippen molar-refractivity contribution in [3.63, 3.8) is 0 Å². The van der Waals surface area contributed by atoms with Crippen molar-refractivity contribution in [1.29, 1.82) is 0 Å². The number of amidine groups is 1. The van der Waals surface area contributed by atoms with Gasteiger partial charge in [0.05, 0.1) is 11.7 Å². The molecule has 2 aromatic rings. The van der Waals surface area contributed by atoms with Crippen molar-refractivity contribution < 1.29 is 4.39 Å². The van der Waals surface area contributed by atoms with Crippen molar-refractivity contribution in [3.05, 3.63) is 63.9 Å². The first-order valence-corrected chi connectivity index (χ1v) is 9.63. The van der Waals surface area contributed by atoms with Crippen LogP contribution in [0.25, 0.3) is 0 Å². The smallest absolute Gasteiger partial charge is 0.180 e. The molecule has 0 aromatic heterocycles. The summed E-state index contributed by atoms with van der Waals surface area (Å²) in [5, 5.41) is 5.80. The molecule has 3 atom stereocenters. The lowest BCUT2D eigenvalue weighted by molar-refractivity contribution is 0.537. The van der Waals surface area contributed by atoms with E-state index in [2.05, 4.69) is 49.0 Å². The van der Waals surface area contributed by atoms with Gasteiger partial charge in [-0.05, 0) is 50.1 Å². The number of aryl methyl sites for hydroxylation is 1. The summed E-state index contributed by atoms with van der Waals surface area (Å²) in [5.74, 6) is 0.191. The predicted octanol–water partition coefficient (Wildman–Crippen LogP) is 5.15. The maximum absolute atomic E-state index is 14.0. The summed E-state index contributed by atoms with van der Waals surface area (Å²) in [6, 6.07) is 11.5. The minimum Gasteiger partial charge on any atom is -0.249 e. The van der Waals surface area contributed by atoms with Crippen LogP contribution >= 0.6 is 23.4 Å². The third-order valence-electron chi connectivity index (χ3n) is 4.90.